The molecular formula is C16H10ClNO5. The van der Waals surface area contributed by atoms with Crippen molar-refractivity contribution in [1.82, 2.24) is 4.57 Å². The van der Waals surface area contributed by atoms with E-state index in [-0.39, 0.29) is 18.9 Å². The minimum atomic E-state index is -0.734. The monoisotopic (exact) mass is 331 g/mol. The maximum absolute atomic E-state index is 12.5. The topological polar surface area (TPSA) is 70.7 Å². The van der Waals surface area contributed by atoms with Gasteiger partial charge in [-0.05, 0) is 29.8 Å². The van der Waals surface area contributed by atoms with Gasteiger partial charge in [0.05, 0.1) is 11.9 Å². The van der Waals surface area contributed by atoms with Gasteiger partial charge in [-0.1, -0.05) is 17.7 Å². The molecule has 0 unspecified atom stereocenters. The highest BCUT2D eigenvalue weighted by atomic mass is 35.5. The Kier molecular flexibility index (Phi) is 3.12. The first kappa shape index (κ1) is 13.9. The Morgan fingerprint density at radius 1 is 1.04 bits per heavy atom. The number of aromatic nitrogens is 1. The first-order chi connectivity index (χ1) is 11.1. The zero-order valence-corrected chi connectivity index (χ0v) is 12.5. The van der Waals surface area contributed by atoms with E-state index in [1.165, 1.54) is 6.07 Å². The third kappa shape index (κ3) is 2.37. The van der Waals surface area contributed by atoms with Crippen molar-refractivity contribution in [2.75, 3.05) is 6.79 Å². The van der Waals surface area contributed by atoms with Crippen LogP contribution >= 0.6 is 11.6 Å². The Morgan fingerprint density at radius 2 is 1.87 bits per heavy atom. The number of hydrogen-bond acceptors (Lipinski definition) is 5. The third-order valence-corrected chi connectivity index (χ3v) is 3.85. The van der Waals surface area contributed by atoms with Crippen LogP contribution in [0.2, 0.25) is 5.02 Å². The molecule has 0 aliphatic carbocycles. The second kappa shape index (κ2) is 5.17. The van der Waals surface area contributed by atoms with Crippen molar-refractivity contribution in [3.8, 4) is 11.5 Å². The second-order valence-corrected chi connectivity index (χ2v) is 5.52. The molecule has 0 radical (unpaired) electrons. The molecule has 7 heteroatoms. The van der Waals surface area contributed by atoms with Gasteiger partial charge < -0.3 is 13.9 Å². The summed E-state index contributed by atoms with van der Waals surface area (Å²) in [6.45, 7) is 0.244. The van der Waals surface area contributed by atoms with Gasteiger partial charge >= 0.3 is 5.76 Å². The van der Waals surface area contributed by atoms with E-state index in [1.807, 2.05) is 0 Å². The Bertz CT molecular complexity index is 1040. The molecule has 0 bridgehead atoms. The molecule has 23 heavy (non-hydrogen) atoms. The molecule has 116 valence electrons. The normalized spacial score (nSPS) is 12.7. The van der Waals surface area contributed by atoms with Crippen LogP contribution in [0.3, 0.4) is 0 Å². The lowest BCUT2D eigenvalue weighted by atomic mass is 10.2. The fourth-order valence-corrected chi connectivity index (χ4v) is 2.66. The summed E-state index contributed by atoms with van der Waals surface area (Å²) in [5.41, 5.74) is 0.483. The number of hydrogen-bond donors (Lipinski definition) is 0. The smallest absolute Gasteiger partial charge is 0.422 e. The number of rotatable bonds is 2. The van der Waals surface area contributed by atoms with E-state index < -0.39 is 11.3 Å². The van der Waals surface area contributed by atoms with Crippen molar-refractivity contribution in [3.05, 3.63) is 67.9 Å². The molecule has 1 aliphatic rings. The van der Waals surface area contributed by atoms with Crippen LogP contribution in [-0.4, -0.2) is 11.4 Å². The maximum atomic E-state index is 12.5. The zero-order valence-electron chi connectivity index (χ0n) is 11.7. The van der Waals surface area contributed by atoms with Crippen molar-refractivity contribution in [3.63, 3.8) is 0 Å². The molecule has 6 nitrogen and oxygen atoms in total. The van der Waals surface area contributed by atoms with E-state index in [0.29, 0.717) is 21.9 Å². The lowest BCUT2D eigenvalue weighted by Crippen LogP contribution is -2.32. The zero-order chi connectivity index (χ0) is 16.0. The summed E-state index contributed by atoms with van der Waals surface area (Å²) < 4.78 is 16.8. The second-order valence-electron chi connectivity index (χ2n) is 5.09. The van der Waals surface area contributed by atoms with Crippen LogP contribution in [0, 0.1) is 0 Å². The summed E-state index contributed by atoms with van der Waals surface area (Å²) in [6.07, 6.45) is 0. The van der Waals surface area contributed by atoms with E-state index in [2.05, 4.69) is 0 Å². The quantitative estimate of drug-likeness (QED) is 0.721. The van der Waals surface area contributed by atoms with E-state index in [1.54, 1.807) is 30.3 Å². The van der Waals surface area contributed by atoms with Crippen molar-refractivity contribution < 1.29 is 13.9 Å². The molecule has 0 N–H and O–H groups in total. The molecule has 1 aromatic heterocycles. The Morgan fingerprint density at radius 3 is 2.74 bits per heavy atom. The van der Waals surface area contributed by atoms with Crippen molar-refractivity contribution in [1.29, 1.82) is 0 Å². The summed E-state index contributed by atoms with van der Waals surface area (Å²) in [4.78, 5) is 24.6. The Hall–Kier alpha value is -2.73. The van der Waals surface area contributed by atoms with E-state index in [4.69, 9.17) is 25.5 Å². The molecule has 0 amide bonds. The average molecular weight is 332 g/mol. The van der Waals surface area contributed by atoms with Gasteiger partial charge in [0.2, 0.25) is 6.79 Å². The molecule has 0 saturated heterocycles. The fourth-order valence-electron chi connectivity index (χ4n) is 2.49. The number of ether oxygens (including phenoxy) is 2. The first-order valence-electron chi connectivity index (χ1n) is 6.83. The predicted molar refractivity (Wildman–Crippen MR) is 83.4 cm³/mol. The highest BCUT2D eigenvalue weighted by Crippen LogP contribution is 2.32. The largest absolute Gasteiger partial charge is 0.454 e. The van der Waals surface area contributed by atoms with Gasteiger partial charge in [-0.2, -0.15) is 0 Å². The van der Waals surface area contributed by atoms with Crippen LogP contribution in [0.5, 0.6) is 11.5 Å². The van der Waals surface area contributed by atoms with Gasteiger partial charge in [0.15, 0.2) is 11.5 Å². The summed E-state index contributed by atoms with van der Waals surface area (Å²) >= 11 is 5.85. The highest BCUT2D eigenvalue weighted by molar-refractivity contribution is 6.31. The van der Waals surface area contributed by atoms with Crippen LogP contribution < -0.4 is 20.8 Å². The molecular weight excluding hydrogens is 322 g/mol. The van der Waals surface area contributed by atoms with E-state index >= 15 is 0 Å². The number of fused-ring (bicyclic) bond motifs is 2. The summed E-state index contributed by atoms with van der Waals surface area (Å²) in [5.74, 6) is 0.497. The fraction of sp³-hybridized carbons (Fsp3) is 0.125. The number of benzene rings is 2. The van der Waals surface area contributed by atoms with Crippen molar-refractivity contribution in [2.24, 2.45) is 0 Å². The van der Waals surface area contributed by atoms with E-state index in [0.717, 1.165) is 10.1 Å². The number of halogens is 1. The lowest BCUT2D eigenvalue weighted by Gasteiger charge is -2.06. The minimum absolute atomic E-state index is 0.0797. The van der Waals surface area contributed by atoms with E-state index in [9.17, 15) is 9.59 Å². The summed E-state index contributed by atoms with van der Waals surface area (Å²) in [6, 6.07) is 9.82. The number of nitrogens with zero attached hydrogens (tertiary/aromatic N) is 1. The van der Waals surface area contributed by atoms with Crippen molar-refractivity contribution >= 4 is 22.6 Å². The molecule has 4 rings (SSSR count). The van der Waals surface area contributed by atoms with Gasteiger partial charge in [0.25, 0.3) is 5.56 Å². The highest BCUT2D eigenvalue weighted by Gasteiger charge is 2.15. The summed E-state index contributed by atoms with van der Waals surface area (Å²) in [5, 5.41) is 0.698. The first-order valence-corrected chi connectivity index (χ1v) is 7.21. The predicted octanol–water partition coefficient (Wildman–Crippen LogP) is 2.39. The van der Waals surface area contributed by atoms with Crippen LogP contribution in [0.4, 0.5) is 0 Å². The van der Waals surface area contributed by atoms with Gasteiger partial charge in [-0.3, -0.25) is 4.79 Å². The molecule has 0 fully saturated rings. The van der Waals surface area contributed by atoms with Gasteiger partial charge in [-0.25, -0.2) is 9.36 Å². The van der Waals surface area contributed by atoms with Gasteiger partial charge in [-0.15, -0.1) is 0 Å². The van der Waals surface area contributed by atoms with Crippen LogP contribution in [0.25, 0.3) is 11.0 Å². The Balaban J connectivity index is 1.81. The molecule has 3 aromatic rings. The molecule has 2 heterocycles. The maximum Gasteiger partial charge on any atom is 0.422 e. The Labute approximate surface area is 134 Å². The standard InChI is InChI=1S/C16H10ClNO5/c17-10-2-3-11-13(6-10)23-16(20)18(15(11)19)7-9-1-4-12-14(5-9)22-8-21-12/h1-6H,7-8H2. The lowest BCUT2D eigenvalue weighted by molar-refractivity contribution is 0.174. The molecule has 1 aliphatic heterocycles. The molecule has 0 spiro atoms. The van der Waals surface area contributed by atoms with Crippen molar-refractivity contribution in [2.45, 2.75) is 6.54 Å². The molecule has 2 aromatic carbocycles. The van der Waals surface area contributed by atoms with Gasteiger partial charge in [0, 0.05) is 11.1 Å². The van der Waals surface area contributed by atoms with Gasteiger partial charge in [0.1, 0.15) is 5.58 Å². The average Bonchev–Trinajstić information content (AvgIpc) is 2.98. The van der Waals surface area contributed by atoms with Crippen LogP contribution in [0.1, 0.15) is 5.56 Å². The minimum Gasteiger partial charge on any atom is -0.454 e. The SMILES string of the molecule is O=c1oc2cc(Cl)ccc2c(=O)n1Cc1ccc2c(c1)OCO2. The third-order valence-electron chi connectivity index (χ3n) is 3.61. The molecule has 0 saturated carbocycles. The molecule has 0 atom stereocenters. The van der Waals surface area contributed by atoms with Crippen LogP contribution in [0.15, 0.2) is 50.4 Å². The van der Waals surface area contributed by atoms with Crippen LogP contribution in [-0.2, 0) is 6.54 Å². The summed E-state index contributed by atoms with van der Waals surface area (Å²) in [7, 11) is 0.